The molecule has 1 aliphatic rings. The Kier molecular flexibility index (Phi) is 4.06. The molecule has 0 saturated carbocycles. The first-order valence-electron chi connectivity index (χ1n) is 6.77. The molecule has 0 bridgehead atoms. The highest BCUT2D eigenvalue weighted by Gasteiger charge is 2.21. The van der Waals surface area contributed by atoms with Gasteiger partial charge in [-0.3, -0.25) is 4.99 Å². The molecule has 1 aromatic carbocycles. The SMILES string of the molecule is CCc1cnc(CN=C2NC(c3ccccc3)CS2)o1. The molecule has 0 radical (unpaired) electrons. The lowest BCUT2D eigenvalue weighted by Crippen LogP contribution is -2.19. The second-order valence-corrected chi connectivity index (χ2v) is 5.62. The van der Waals surface area contributed by atoms with Gasteiger partial charge < -0.3 is 9.73 Å². The van der Waals surface area contributed by atoms with E-state index in [0.29, 0.717) is 18.5 Å². The summed E-state index contributed by atoms with van der Waals surface area (Å²) in [7, 11) is 0. The summed E-state index contributed by atoms with van der Waals surface area (Å²) in [6, 6.07) is 10.8. The number of amidine groups is 1. The van der Waals surface area contributed by atoms with Crippen LogP contribution in [-0.4, -0.2) is 15.9 Å². The van der Waals surface area contributed by atoms with E-state index in [0.717, 1.165) is 23.1 Å². The van der Waals surface area contributed by atoms with Crippen molar-refractivity contribution in [1.82, 2.24) is 10.3 Å². The van der Waals surface area contributed by atoms with Crippen LogP contribution in [0, 0.1) is 0 Å². The van der Waals surface area contributed by atoms with E-state index in [4.69, 9.17) is 4.42 Å². The maximum absolute atomic E-state index is 5.55. The molecule has 1 aliphatic heterocycles. The highest BCUT2D eigenvalue weighted by Crippen LogP contribution is 2.26. The zero-order valence-corrected chi connectivity index (χ0v) is 12.2. The fraction of sp³-hybridized carbons (Fsp3) is 0.333. The zero-order valence-electron chi connectivity index (χ0n) is 11.4. The molecule has 104 valence electrons. The van der Waals surface area contributed by atoms with Gasteiger partial charge in [-0.05, 0) is 5.56 Å². The normalized spacial score (nSPS) is 20.2. The Bertz CT molecular complexity index is 594. The summed E-state index contributed by atoms with van der Waals surface area (Å²) < 4.78 is 5.55. The fourth-order valence-electron chi connectivity index (χ4n) is 2.07. The molecule has 20 heavy (non-hydrogen) atoms. The van der Waals surface area contributed by atoms with Crippen LogP contribution >= 0.6 is 11.8 Å². The Morgan fingerprint density at radius 2 is 2.25 bits per heavy atom. The van der Waals surface area contributed by atoms with Gasteiger partial charge in [-0.25, -0.2) is 4.98 Å². The summed E-state index contributed by atoms with van der Waals surface area (Å²) in [5.74, 6) is 2.60. The molecule has 1 aromatic heterocycles. The van der Waals surface area contributed by atoms with E-state index in [1.54, 1.807) is 18.0 Å². The summed E-state index contributed by atoms with van der Waals surface area (Å²) >= 11 is 1.75. The first-order valence-corrected chi connectivity index (χ1v) is 7.76. The molecule has 1 N–H and O–H groups in total. The summed E-state index contributed by atoms with van der Waals surface area (Å²) in [5.41, 5.74) is 1.30. The van der Waals surface area contributed by atoms with E-state index in [2.05, 4.69) is 46.5 Å². The number of hydrogen-bond donors (Lipinski definition) is 1. The second-order valence-electron chi connectivity index (χ2n) is 4.61. The Morgan fingerprint density at radius 1 is 1.40 bits per heavy atom. The molecule has 0 amide bonds. The van der Waals surface area contributed by atoms with Gasteiger partial charge in [0.25, 0.3) is 0 Å². The van der Waals surface area contributed by atoms with E-state index in [9.17, 15) is 0 Å². The van der Waals surface area contributed by atoms with Gasteiger partial charge in [-0.15, -0.1) is 0 Å². The molecule has 2 heterocycles. The quantitative estimate of drug-likeness (QED) is 0.938. The fourth-order valence-corrected chi connectivity index (χ4v) is 3.06. The van der Waals surface area contributed by atoms with Crippen molar-refractivity contribution < 1.29 is 4.42 Å². The summed E-state index contributed by atoms with van der Waals surface area (Å²) in [6.07, 6.45) is 2.64. The van der Waals surface area contributed by atoms with Gasteiger partial charge in [0.2, 0.25) is 5.89 Å². The minimum absolute atomic E-state index is 0.343. The minimum Gasteiger partial charge on any atom is -0.444 e. The lowest BCUT2D eigenvalue weighted by atomic mass is 10.1. The number of aromatic nitrogens is 1. The Hall–Kier alpha value is -1.75. The molecule has 1 saturated heterocycles. The van der Waals surface area contributed by atoms with Crippen LogP contribution in [0.4, 0.5) is 0 Å². The number of benzene rings is 1. The Balaban J connectivity index is 1.60. The van der Waals surface area contributed by atoms with E-state index >= 15 is 0 Å². The number of aryl methyl sites for hydroxylation is 1. The van der Waals surface area contributed by atoms with Gasteiger partial charge in [-0.1, -0.05) is 49.0 Å². The van der Waals surface area contributed by atoms with Crippen LogP contribution in [0.3, 0.4) is 0 Å². The molecule has 0 spiro atoms. The summed E-state index contributed by atoms with van der Waals surface area (Å²) in [5, 5.41) is 4.41. The standard InChI is InChI=1S/C15H17N3OS/c1-2-12-8-16-14(19-12)9-17-15-18-13(10-20-15)11-6-4-3-5-7-11/h3-8,13H,2,9-10H2,1H3,(H,17,18). The Morgan fingerprint density at radius 3 is 3.00 bits per heavy atom. The lowest BCUT2D eigenvalue weighted by Gasteiger charge is -2.09. The average molecular weight is 287 g/mol. The molecule has 5 heteroatoms. The van der Waals surface area contributed by atoms with Crippen LogP contribution in [0.5, 0.6) is 0 Å². The minimum atomic E-state index is 0.343. The predicted molar refractivity (Wildman–Crippen MR) is 81.8 cm³/mol. The monoisotopic (exact) mass is 287 g/mol. The lowest BCUT2D eigenvalue weighted by molar-refractivity contribution is 0.461. The van der Waals surface area contributed by atoms with Crippen LogP contribution in [0.2, 0.25) is 0 Å². The molecular weight excluding hydrogens is 270 g/mol. The average Bonchev–Trinajstić information content (AvgIpc) is 3.15. The third-order valence-corrected chi connectivity index (χ3v) is 4.21. The summed E-state index contributed by atoms with van der Waals surface area (Å²) in [6.45, 7) is 2.55. The number of oxazole rings is 1. The number of hydrogen-bond acceptors (Lipinski definition) is 4. The molecule has 4 nitrogen and oxygen atoms in total. The van der Waals surface area contributed by atoms with Crippen LogP contribution in [0.25, 0.3) is 0 Å². The molecule has 2 aromatic rings. The van der Waals surface area contributed by atoms with E-state index in [1.807, 2.05) is 6.07 Å². The van der Waals surface area contributed by atoms with Crippen LogP contribution in [-0.2, 0) is 13.0 Å². The number of rotatable bonds is 4. The second kappa shape index (κ2) is 6.13. The van der Waals surface area contributed by atoms with Crippen LogP contribution in [0.15, 0.2) is 45.9 Å². The first kappa shape index (κ1) is 13.2. The number of aliphatic imine (C=N–C) groups is 1. The van der Waals surface area contributed by atoms with Gasteiger partial charge in [0.15, 0.2) is 5.17 Å². The predicted octanol–water partition coefficient (Wildman–Crippen LogP) is 3.17. The number of thioether (sulfide) groups is 1. The maximum atomic E-state index is 5.55. The largest absolute Gasteiger partial charge is 0.444 e. The molecule has 1 unspecified atom stereocenters. The van der Waals surface area contributed by atoms with Crippen molar-refractivity contribution in [3.05, 3.63) is 53.7 Å². The smallest absolute Gasteiger partial charge is 0.216 e. The maximum Gasteiger partial charge on any atom is 0.216 e. The van der Waals surface area contributed by atoms with Gasteiger partial charge >= 0.3 is 0 Å². The van der Waals surface area contributed by atoms with Crippen molar-refractivity contribution in [2.75, 3.05) is 5.75 Å². The van der Waals surface area contributed by atoms with Crippen molar-refractivity contribution >= 4 is 16.9 Å². The van der Waals surface area contributed by atoms with Crippen LogP contribution < -0.4 is 5.32 Å². The third kappa shape index (κ3) is 3.04. The third-order valence-electron chi connectivity index (χ3n) is 3.19. The molecular formula is C15H17N3OS. The zero-order chi connectivity index (χ0) is 13.8. The van der Waals surface area contributed by atoms with E-state index in [1.165, 1.54) is 5.56 Å². The number of nitrogens with zero attached hydrogens (tertiary/aromatic N) is 2. The molecule has 0 aliphatic carbocycles. The van der Waals surface area contributed by atoms with Crippen molar-refractivity contribution in [2.45, 2.75) is 25.9 Å². The van der Waals surface area contributed by atoms with Gasteiger partial charge in [-0.2, -0.15) is 0 Å². The highest BCUT2D eigenvalue weighted by atomic mass is 32.2. The van der Waals surface area contributed by atoms with Crippen molar-refractivity contribution in [3.63, 3.8) is 0 Å². The van der Waals surface area contributed by atoms with Crippen molar-refractivity contribution in [2.24, 2.45) is 4.99 Å². The molecule has 1 atom stereocenters. The molecule has 1 fully saturated rings. The van der Waals surface area contributed by atoms with Gasteiger partial charge in [0, 0.05) is 12.2 Å². The summed E-state index contributed by atoms with van der Waals surface area (Å²) in [4.78, 5) is 8.74. The molecule has 3 rings (SSSR count). The van der Waals surface area contributed by atoms with Crippen molar-refractivity contribution in [1.29, 1.82) is 0 Å². The van der Waals surface area contributed by atoms with Crippen molar-refractivity contribution in [3.8, 4) is 0 Å². The van der Waals surface area contributed by atoms with E-state index < -0.39 is 0 Å². The topological polar surface area (TPSA) is 50.4 Å². The van der Waals surface area contributed by atoms with Gasteiger partial charge in [0.1, 0.15) is 12.3 Å². The first-order chi connectivity index (χ1) is 9.85. The number of nitrogens with one attached hydrogen (secondary N) is 1. The van der Waals surface area contributed by atoms with E-state index in [-0.39, 0.29) is 0 Å². The van der Waals surface area contributed by atoms with Crippen LogP contribution in [0.1, 0.15) is 30.2 Å². The van der Waals surface area contributed by atoms with Gasteiger partial charge in [0.05, 0.1) is 12.2 Å². The highest BCUT2D eigenvalue weighted by molar-refractivity contribution is 8.14. The Labute approximate surface area is 122 Å².